The lowest BCUT2D eigenvalue weighted by Crippen LogP contribution is -2.19. The van der Waals surface area contributed by atoms with Crippen molar-refractivity contribution in [1.82, 2.24) is 5.32 Å². The molecule has 0 aromatic heterocycles. The number of nitrogens with one attached hydrogen (secondary N) is 2. The molecule has 0 radical (unpaired) electrons. The van der Waals surface area contributed by atoms with Crippen LogP contribution in [-0.2, 0) is 0 Å². The SMILES string of the molecule is CCC(C)N/C=C\C(=N)[N+](=O)[O-]. The Morgan fingerprint density at radius 3 is 2.83 bits per heavy atom. The van der Waals surface area contributed by atoms with Crippen molar-refractivity contribution in [2.45, 2.75) is 26.3 Å². The van der Waals surface area contributed by atoms with Crippen molar-refractivity contribution in [3.8, 4) is 0 Å². The van der Waals surface area contributed by atoms with Crippen LogP contribution in [0.1, 0.15) is 20.3 Å². The van der Waals surface area contributed by atoms with Crippen LogP contribution in [0.25, 0.3) is 0 Å². The monoisotopic (exact) mass is 171 g/mol. The van der Waals surface area contributed by atoms with Gasteiger partial charge in [0.05, 0.1) is 6.08 Å². The summed E-state index contributed by atoms with van der Waals surface area (Å²) in [6.45, 7) is 3.96. The molecule has 0 bridgehead atoms. The van der Waals surface area contributed by atoms with Crippen LogP contribution in [0.15, 0.2) is 12.3 Å². The number of nitro groups is 1. The maximum absolute atomic E-state index is 9.95. The Labute approximate surface area is 71.1 Å². The summed E-state index contributed by atoms with van der Waals surface area (Å²) >= 11 is 0. The van der Waals surface area contributed by atoms with Crippen molar-refractivity contribution in [3.63, 3.8) is 0 Å². The fourth-order valence-corrected chi connectivity index (χ4v) is 0.470. The summed E-state index contributed by atoms with van der Waals surface area (Å²) in [7, 11) is 0. The molecular weight excluding hydrogens is 158 g/mol. The number of amidine groups is 1. The van der Waals surface area contributed by atoms with E-state index >= 15 is 0 Å². The van der Waals surface area contributed by atoms with E-state index in [1.54, 1.807) is 0 Å². The molecule has 0 saturated carbocycles. The van der Waals surface area contributed by atoms with E-state index in [1.807, 2.05) is 13.8 Å². The largest absolute Gasteiger partial charge is 0.388 e. The van der Waals surface area contributed by atoms with Crippen molar-refractivity contribution in [2.75, 3.05) is 0 Å². The van der Waals surface area contributed by atoms with E-state index in [0.717, 1.165) is 12.5 Å². The lowest BCUT2D eigenvalue weighted by molar-refractivity contribution is -0.349. The molecule has 0 aromatic rings. The molecule has 0 aliphatic heterocycles. The van der Waals surface area contributed by atoms with Gasteiger partial charge in [-0.3, -0.25) is 0 Å². The molecule has 5 nitrogen and oxygen atoms in total. The quantitative estimate of drug-likeness (QED) is 0.288. The molecule has 0 saturated heterocycles. The highest BCUT2D eigenvalue weighted by Crippen LogP contribution is 1.87. The Morgan fingerprint density at radius 2 is 2.42 bits per heavy atom. The highest BCUT2D eigenvalue weighted by Gasteiger charge is 2.00. The molecule has 0 aliphatic rings. The lowest BCUT2D eigenvalue weighted by atomic mass is 10.3. The van der Waals surface area contributed by atoms with Gasteiger partial charge in [-0.05, 0) is 18.3 Å². The first kappa shape index (κ1) is 10.6. The highest BCUT2D eigenvalue weighted by atomic mass is 16.6. The molecule has 0 aliphatic carbocycles. The molecule has 1 unspecified atom stereocenters. The van der Waals surface area contributed by atoms with Gasteiger partial charge in [0, 0.05) is 12.2 Å². The van der Waals surface area contributed by atoms with Crippen molar-refractivity contribution in [1.29, 1.82) is 5.41 Å². The van der Waals surface area contributed by atoms with Crippen LogP contribution < -0.4 is 5.32 Å². The third-order valence-corrected chi connectivity index (χ3v) is 1.43. The fraction of sp³-hybridized carbons (Fsp3) is 0.571. The van der Waals surface area contributed by atoms with Gasteiger partial charge in [-0.15, -0.1) is 0 Å². The van der Waals surface area contributed by atoms with E-state index in [2.05, 4.69) is 5.32 Å². The van der Waals surface area contributed by atoms with Crippen molar-refractivity contribution in [2.24, 2.45) is 0 Å². The topological polar surface area (TPSA) is 79.0 Å². The van der Waals surface area contributed by atoms with Crippen LogP contribution in [-0.4, -0.2) is 16.8 Å². The summed E-state index contributed by atoms with van der Waals surface area (Å²) < 4.78 is 0. The van der Waals surface area contributed by atoms with E-state index in [4.69, 9.17) is 5.41 Å². The number of rotatable bonds is 4. The smallest absolute Gasteiger partial charge is 0.357 e. The van der Waals surface area contributed by atoms with E-state index in [-0.39, 0.29) is 6.04 Å². The first-order valence-electron chi connectivity index (χ1n) is 3.73. The molecule has 0 amide bonds. The Balaban J connectivity index is 3.76. The summed E-state index contributed by atoms with van der Waals surface area (Å²) in [6.07, 6.45) is 3.50. The molecule has 68 valence electrons. The first-order chi connectivity index (χ1) is 5.57. The highest BCUT2D eigenvalue weighted by molar-refractivity contribution is 5.82. The van der Waals surface area contributed by atoms with Gasteiger partial charge in [0.1, 0.15) is 0 Å². The van der Waals surface area contributed by atoms with Crippen LogP contribution in [0.5, 0.6) is 0 Å². The molecule has 0 heterocycles. The first-order valence-corrected chi connectivity index (χ1v) is 3.73. The average Bonchev–Trinajstić information content (AvgIpc) is 2.03. The van der Waals surface area contributed by atoms with Gasteiger partial charge in [-0.1, -0.05) is 12.3 Å². The zero-order valence-corrected chi connectivity index (χ0v) is 7.20. The fourth-order valence-electron chi connectivity index (χ4n) is 0.470. The molecule has 0 spiro atoms. The number of hydrogen-bond acceptors (Lipinski definition) is 4. The summed E-state index contributed by atoms with van der Waals surface area (Å²) in [5, 5.41) is 19.7. The van der Waals surface area contributed by atoms with E-state index in [1.165, 1.54) is 6.20 Å². The van der Waals surface area contributed by atoms with Crippen LogP contribution in [0.4, 0.5) is 0 Å². The Bertz CT molecular complexity index is 201. The number of hydrogen-bond donors (Lipinski definition) is 2. The second-order valence-electron chi connectivity index (χ2n) is 2.45. The minimum absolute atomic E-state index is 0.279. The molecular formula is C7H13N3O2. The van der Waals surface area contributed by atoms with E-state index < -0.39 is 10.8 Å². The van der Waals surface area contributed by atoms with Crippen LogP contribution in [0.2, 0.25) is 0 Å². The molecule has 5 heteroatoms. The van der Waals surface area contributed by atoms with Gasteiger partial charge >= 0.3 is 5.84 Å². The van der Waals surface area contributed by atoms with E-state index in [9.17, 15) is 10.1 Å². The minimum Gasteiger partial charge on any atom is -0.388 e. The third-order valence-electron chi connectivity index (χ3n) is 1.43. The lowest BCUT2D eigenvalue weighted by Gasteiger charge is -2.06. The molecule has 2 N–H and O–H groups in total. The molecule has 1 atom stereocenters. The third kappa shape index (κ3) is 4.43. The average molecular weight is 171 g/mol. The van der Waals surface area contributed by atoms with Gasteiger partial charge in [-0.2, -0.15) is 0 Å². The standard InChI is InChI=1S/C7H13N3O2/c1-3-6(2)9-5-4-7(8)10(11)12/h4-6,8-9H,3H2,1-2H3/b5-4-,8-7?. The molecule has 0 rings (SSSR count). The molecule has 0 aromatic carbocycles. The van der Waals surface area contributed by atoms with Crippen molar-refractivity contribution < 1.29 is 4.92 Å². The summed E-state index contributed by atoms with van der Waals surface area (Å²) in [4.78, 5) is 9.21. The summed E-state index contributed by atoms with van der Waals surface area (Å²) in [6, 6.07) is 0.279. The predicted molar refractivity (Wildman–Crippen MR) is 46.7 cm³/mol. The van der Waals surface area contributed by atoms with Gasteiger partial charge in [0.25, 0.3) is 0 Å². The van der Waals surface area contributed by atoms with Crippen LogP contribution >= 0.6 is 0 Å². The van der Waals surface area contributed by atoms with Crippen molar-refractivity contribution >= 4 is 5.84 Å². The Morgan fingerprint density at radius 1 is 1.83 bits per heavy atom. The maximum atomic E-state index is 9.95. The normalized spacial score (nSPS) is 12.8. The Hall–Kier alpha value is -1.39. The van der Waals surface area contributed by atoms with Crippen molar-refractivity contribution in [3.05, 3.63) is 22.4 Å². The van der Waals surface area contributed by atoms with Gasteiger partial charge in [-0.25, -0.2) is 0 Å². The summed E-state index contributed by atoms with van der Waals surface area (Å²) in [5.41, 5.74) is 0. The predicted octanol–water partition coefficient (Wildman–Crippen LogP) is 1.14. The van der Waals surface area contributed by atoms with Crippen LogP contribution in [0.3, 0.4) is 0 Å². The van der Waals surface area contributed by atoms with Crippen LogP contribution in [0, 0.1) is 15.5 Å². The minimum atomic E-state index is -0.741. The second kappa shape index (κ2) is 5.29. The second-order valence-corrected chi connectivity index (χ2v) is 2.45. The van der Waals surface area contributed by atoms with Gasteiger partial charge < -0.3 is 15.4 Å². The molecule has 0 fully saturated rings. The molecule has 12 heavy (non-hydrogen) atoms. The van der Waals surface area contributed by atoms with Gasteiger partial charge in [0.15, 0.2) is 0 Å². The van der Waals surface area contributed by atoms with Gasteiger partial charge in [0.2, 0.25) is 0 Å². The Kier molecular flexibility index (Phi) is 4.67. The van der Waals surface area contributed by atoms with E-state index in [0.29, 0.717) is 0 Å². The zero-order chi connectivity index (χ0) is 9.56. The zero-order valence-electron chi connectivity index (χ0n) is 7.20. The summed E-state index contributed by atoms with van der Waals surface area (Å²) in [5.74, 6) is -0.606. The maximum Gasteiger partial charge on any atom is 0.357 e. The number of nitrogens with zero attached hydrogens (tertiary/aromatic N) is 1.